The van der Waals surface area contributed by atoms with Gasteiger partial charge in [0.25, 0.3) is 0 Å². The van der Waals surface area contributed by atoms with Crippen LogP contribution in [0.3, 0.4) is 0 Å². The van der Waals surface area contributed by atoms with Crippen molar-refractivity contribution in [2.75, 3.05) is 27.2 Å². The van der Waals surface area contributed by atoms with E-state index in [-0.39, 0.29) is 5.91 Å². The van der Waals surface area contributed by atoms with Gasteiger partial charge in [-0.25, -0.2) is 4.63 Å². The summed E-state index contributed by atoms with van der Waals surface area (Å²) in [5.41, 5.74) is 3.58. The normalized spacial score (nSPS) is 11.0. The van der Waals surface area contributed by atoms with Gasteiger partial charge in [-0.15, -0.1) is 0 Å². The molecule has 7 nitrogen and oxygen atoms in total. The number of benzene rings is 2. The number of hydrogen-bond acceptors (Lipinski definition) is 6. The Morgan fingerprint density at radius 3 is 2.85 bits per heavy atom. The van der Waals surface area contributed by atoms with Crippen LogP contribution >= 0.6 is 0 Å². The Balaban J connectivity index is 1.45. The molecule has 0 bridgehead atoms. The summed E-state index contributed by atoms with van der Waals surface area (Å²) in [6.07, 6.45) is 0.731. The molecular formula is C19H22N4O3. The van der Waals surface area contributed by atoms with Crippen LogP contribution < -0.4 is 10.1 Å². The molecule has 0 saturated carbocycles. The Hall–Kier alpha value is -2.93. The molecule has 0 aliphatic carbocycles. The first-order valence-electron chi connectivity index (χ1n) is 8.44. The zero-order valence-corrected chi connectivity index (χ0v) is 14.9. The maximum atomic E-state index is 12.1. The molecule has 26 heavy (non-hydrogen) atoms. The first-order chi connectivity index (χ1) is 12.7. The van der Waals surface area contributed by atoms with Gasteiger partial charge in [0.15, 0.2) is 0 Å². The molecule has 136 valence electrons. The van der Waals surface area contributed by atoms with Gasteiger partial charge < -0.3 is 10.1 Å². The molecule has 7 heteroatoms. The molecule has 3 rings (SSSR count). The van der Waals surface area contributed by atoms with E-state index in [4.69, 9.17) is 9.37 Å². The van der Waals surface area contributed by atoms with Crippen LogP contribution in [0.2, 0.25) is 0 Å². The molecule has 0 saturated heterocycles. The van der Waals surface area contributed by atoms with Gasteiger partial charge >= 0.3 is 0 Å². The molecule has 0 aliphatic rings. The van der Waals surface area contributed by atoms with Crippen molar-refractivity contribution in [1.29, 1.82) is 0 Å². The van der Waals surface area contributed by atoms with Crippen LogP contribution in [0.15, 0.2) is 47.1 Å². The molecule has 0 unspecified atom stereocenters. The molecule has 1 amide bonds. The van der Waals surface area contributed by atoms with E-state index >= 15 is 0 Å². The molecular weight excluding hydrogens is 332 g/mol. The molecule has 0 radical (unpaired) electrons. The van der Waals surface area contributed by atoms with E-state index in [2.05, 4.69) is 15.6 Å². The van der Waals surface area contributed by atoms with Crippen molar-refractivity contribution >= 4 is 16.9 Å². The molecule has 0 aliphatic heterocycles. The van der Waals surface area contributed by atoms with E-state index in [1.54, 1.807) is 7.11 Å². The number of likely N-dealkylation sites (N-methyl/N-ethyl adjacent to an activating group) is 1. The first-order valence-corrected chi connectivity index (χ1v) is 8.44. The molecule has 0 atom stereocenters. The van der Waals surface area contributed by atoms with Crippen molar-refractivity contribution in [2.24, 2.45) is 0 Å². The maximum Gasteiger partial charge on any atom is 0.234 e. The van der Waals surface area contributed by atoms with Crippen molar-refractivity contribution in [2.45, 2.75) is 13.0 Å². The highest BCUT2D eigenvalue weighted by Gasteiger charge is 2.09. The predicted molar refractivity (Wildman–Crippen MR) is 97.8 cm³/mol. The Morgan fingerprint density at radius 1 is 1.19 bits per heavy atom. The van der Waals surface area contributed by atoms with E-state index in [0.717, 1.165) is 34.3 Å². The number of carbonyl (C=O) groups is 1. The van der Waals surface area contributed by atoms with Crippen molar-refractivity contribution in [3.8, 4) is 5.75 Å². The summed E-state index contributed by atoms with van der Waals surface area (Å²) in [6.45, 7) is 1.54. The minimum Gasteiger partial charge on any atom is -0.496 e. The number of carbonyl (C=O) groups excluding carboxylic acids is 1. The Kier molecular flexibility index (Phi) is 5.80. The minimum absolute atomic E-state index is 0.00780. The van der Waals surface area contributed by atoms with Crippen molar-refractivity contribution in [3.05, 3.63) is 53.6 Å². The van der Waals surface area contributed by atoms with E-state index in [1.807, 2.05) is 54.4 Å². The number of fused-ring (bicyclic) bond motifs is 1. The summed E-state index contributed by atoms with van der Waals surface area (Å²) >= 11 is 0. The number of nitrogens with one attached hydrogen (secondary N) is 1. The Morgan fingerprint density at radius 2 is 2.00 bits per heavy atom. The highest BCUT2D eigenvalue weighted by atomic mass is 16.6. The minimum atomic E-state index is -0.00780. The number of aromatic nitrogens is 2. The van der Waals surface area contributed by atoms with E-state index in [9.17, 15) is 4.79 Å². The molecule has 3 aromatic rings. The summed E-state index contributed by atoms with van der Waals surface area (Å²) in [6, 6.07) is 13.6. The Labute approximate surface area is 151 Å². The van der Waals surface area contributed by atoms with Crippen LogP contribution in [0.5, 0.6) is 5.75 Å². The predicted octanol–water partition coefficient (Wildman–Crippen LogP) is 2.02. The zero-order chi connectivity index (χ0) is 18.4. The second kappa shape index (κ2) is 8.44. The molecule has 2 aromatic carbocycles. The monoisotopic (exact) mass is 354 g/mol. The fraction of sp³-hybridized carbons (Fsp3) is 0.316. The van der Waals surface area contributed by atoms with Crippen LogP contribution in [0.1, 0.15) is 11.1 Å². The Bertz CT molecular complexity index is 878. The topological polar surface area (TPSA) is 80.5 Å². The van der Waals surface area contributed by atoms with E-state index < -0.39 is 0 Å². The molecule has 1 aromatic heterocycles. The van der Waals surface area contributed by atoms with Gasteiger partial charge in [0.1, 0.15) is 16.8 Å². The van der Waals surface area contributed by atoms with Gasteiger partial charge in [-0.2, -0.15) is 0 Å². The SMILES string of the molecule is COc1ccccc1CCNC(=O)CN(C)Cc1ccc2nonc2c1. The number of ether oxygens (including phenoxy) is 1. The van der Waals surface area contributed by atoms with Gasteiger partial charge in [0, 0.05) is 13.1 Å². The maximum absolute atomic E-state index is 12.1. The quantitative estimate of drug-likeness (QED) is 0.667. The third-order valence-corrected chi connectivity index (χ3v) is 4.09. The first kappa shape index (κ1) is 17.9. The lowest BCUT2D eigenvalue weighted by Gasteiger charge is -2.16. The lowest BCUT2D eigenvalue weighted by Crippen LogP contribution is -2.35. The fourth-order valence-corrected chi connectivity index (χ4v) is 2.84. The van der Waals surface area contributed by atoms with Gasteiger partial charge in [0.2, 0.25) is 5.91 Å². The summed E-state index contributed by atoms with van der Waals surface area (Å²) in [4.78, 5) is 14.1. The smallest absolute Gasteiger partial charge is 0.234 e. The van der Waals surface area contributed by atoms with Crippen molar-refractivity contribution in [1.82, 2.24) is 20.5 Å². The number of methoxy groups -OCH3 is 1. The highest BCUT2D eigenvalue weighted by molar-refractivity contribution is 5.78. The second-order valence-electron chi connectivity index (χ2n) is 6.17. The van der Waals surface area contributed by atoms with E-state index in [0.29, 0.717) is 19.6 Å². The number of nitrogens with zero attached hydrogens (tertiary/aromatic N) is 3. The van der Waals surface area contributed by atoms with E-state index in [1.165, 1.54) is 0 Å². The number of amides is 1. The molecule has 1 heterocycles. The van der Waals surface area contributed by atoms with Gasteiger partial charge in [-0.3, -0.25) is 9.69 Å². The number of hydrogen-bond donors (Lipinski definition) is 1. The van der Waals surface area contributed by atoms with Crippen molar-refractivity contribution < 1.29 is 14.2 Å². The lowest BCUT2D eigenvalue weighted by molar-refractivity contribution is -0.122. The lowest BCUT2D eigenvalue weighted by atomic mass is 10.1. The zero-order valence-electron chi connectivity index (χ0n) is 14.9. The van der Waals surface area contributed by atoms with Crippen LogP contribution in [0.25, 0.3) is 11.0 Å². The summed E-state index contributed by atoms with van der Waals surface area (Å²) in [5.74, 6) is 0.836. The number of rotatable bonds is 8. The van der Waals surface area contributed by atoms with Crippen LogP contribution in [-0.2, 0) is 17.8 Å². The average molecular weight is 354 g/mol. The van der Waals surface area contributed by atoms with Gasteiger partial charge in [-0.1, -0.05) is 24.3 Å². The van der Waals surface area contributed by atoms with Crippen LogP contribution in [0.4, 0.5) is 0 Å². The fourth-order valence-electron chi connectivity index (χ4n) is 2.84. The van der Waals surface area contributed by atoms with Gasteiger partial charge in [0.05, 0.1) is 13.7 Å². The summed E-state index contributed by atoms with van der Waals surface area (Å²) in [7, 11) is 3.56. The molecule has 0 spiro atoms. The van der Waals surface area contributed by atoms with Crippen LogP contribution in [-0.4, -0.2) is 48.4 Å². The third kappa shape index (κ3) is 4.58. The van der Waals surface area contributed by atoms with Crippen LogP contribution in [0, 0.1) is 0 Å². The molecule has 0 fully saturated rings. The average Bonchev–Trinajstić information content (AvgIpc) is 3.09. The summed E-state index contributed by atoms with van der Waals surface area (Å²) in [5, 5.41) is 10.6. The number of para-hydroxylation sites is 1. The van der Waals surface area contributed by atoms with Gasteiger partial charge in [-0.05, 0) is 53.1 Å². The standard InChI is InChI=1S/C19H22N4O3/c1-23(12-14-7-8-16-17(11-14)22-26-21-16)13-19(24)20-10-9-15-5-3-4-6-18(15)25-2/h3-8,11H,9-10,12-13H2,1-2H3,(H,20,24). The largest absolute Gasteiger partial charge is 0.496 e. The summed E-state index contributed by atoms with van der Waals surface area (Å²) < 4.78 is 10.0. The second-order valence-corrected chi connectivity index (χ2v) is 6.17. The van der Waals surface area contributed by atoms with Crippen molar-refractivity contribution in [3.63, 3.8) is 0 Å². The molecule has 1 N–H and O–H groups in total. The highest BCUT2D eigenvalue weighted by Crippen LogP contribution is 2.17. The third-order valence-electron chi connectivity index (χ3n) is 4.09.